The summed E-state index contributed by atoms with van der Waals surface area (Å²) in [5, 5.41) is 14.2. The maximum Gasteiger partial charge on any atom is 0.173 e. The molecule has 0 aliphatic heterocycles. The molecule has 5 heteroatoms. The quantitative estimate of drug-likeness (QED) is 0.273. The summed E-state index contributed by atoms with van der Waals surface area (Å²) in [6.45, 7) is 0. The van der Waals surface area contributed by atoms with Gasteiger partial charge in [0.1, 0.15) is 0 Å². The standard InChI is InChI=1S/2CH2N2.H3N/c2*2-1-3;/h2*2H2;1H3/p+1. The van der Waals surface area contributed by atoms with Crippen molar-refractivity contribution in [2.75, 3.05) is 0 Å². The van der Waals surface area contributed by atoms with Gasteiger partial charge in [0.05, 0.1) is 0 Å². The van der Waals surface area contributed by atoms with Gasteiger partial charge in [-0.05, 0) is 0 Å². The number of nitrogens with two attached hydrogens (primary N) is 2. The summed E-state index contributed by atoms with van der Waals surface area (Å²) in [5.41, 5.74) is 8.31. The van der Waals surface area contributed by atoms with Gasteiger partial charge in [-0.25, -0.2) is 0 Å². The van der Waals surface area contributed by atoms with Crippen molar-refractivity contribution in [2.45, 2.75) is 0 Å². The normalized spacial score (nSPS) is 2.00. The minimum Gasteiger partial charge on any atom is -0.369 e. The molecular formula is C2H8N5+. The third kappa shape index (κ3) is 13.7. The van der Waals surface area contributed by atoms with Gasteiger partial charge < -0.3 is 17.6 Å². The van der Waals surface area contributed by atoms with Gasteiger partial charge in [-0.2, -0.15) is 10.5 Å². The zero-order chi connectivity index (χ0) is 5.41. The van der Waals surface area contributed by atoms with Crippen molar-refractivity contribution in [2.24, 2.45) is 11.5 Å². The molecule has 0 rings (SSSR count). The number of rotatable bonds is 0. The van der Waals surface area contributed by atoms with Gasteiger partial charge in [0.25, 0.3) is 0 Å². The fourth-order valence-corrected chi connectivity index (χ4v) is 0. The molecule has 0 unspecified atom stereocenters. The molecule has 5 nitrogen and oxygen atoms in total. The lowest BCUT2D eigenvalue weighted by Gasteiger charge is -1.24. The predicted octanol–water partition coefficient (Wildman–Crippen LogP) is -0.771. The number of nitrogens with zero attached hydrogens (tertiary/aromatic N) is 2. The molecule has 0 radical (unpaired) electrons. The highest BCUT2D eigenvalue weighted by molar-refractivity contribution is 4.47. The van der Waals surface area contributed by atoms with Crippen LogP contribution in [0, 0.1) is 22.9 Å². The van der Waals surface area contributed by atoms with Crippen molar-refractivity contribution < 1.29 is 0 Å². The lowest BCUT2D eigenvalue weighted by atomic mass is 11.5. The molecule has 0 saturated heterocycles. The van der Waals surface area contributed by atoms with Crippen LogP contribution in [0.4, 0.5) is 0 Å². The molecule has 0 aromatic carbocycles. The smallest absolute Gasteiger partial charge is 0.173 e. The first-order chi connectivity index (χ1) is 2.83. The van der Waals surface area contributed by atoms with E-state index < -0.39 is 0 Å². The van der Waals surface area contributed by atoms with Gasteiger partial charge in [0, 0.05) is 0 Å². The van der Waals surface area contributed by atoms with E-state index in [1.54, 1.807) is 0 Å². The largest absolute Gasteiger partial charge is 0.369 e. The average Bonchev–Trinajstić information content (AvgIpc) is 1.39. The Morgan fingerprint density at radius 2 is 1.00 bits per heavy atom. The Morgan fingerprint density at radius 3 is 1.00 bits per heavy atom. The number of nitriles is 2. The predicted molar refractivity (Wildman–Crippen MR) is 25.6 cm³/mol. The van der Waals surface area contributed by atoms with E-state index >= 15 is 0 Å². The van der Waals surface area contributed by atoms with Crippen LogP contribution in [0.2, 0.25) is 0 Å². The summed E-state index contributed by atoms with van der Waals surface area (Å²) >= 11 is 0. The minimum absolute atomic E-state index is 0. The molecule has 0 heterocycles. The highest BCUT2D eigenvalue weighted by Gasteiger charge is 1.12. The third-order valence-corrected chi connectivity index (χ3v) is 0. The summed E-state index contributed by atoms with van der Waals surface area (Å²) in [4.78, 5) is 0. The van der Waals surface area contributed by atoms with E-state index in [0.717, 1.165) is 0 Å². The molecule has 0 fully saturated rings. The van der Waals surface area contributed by atoms with Gasteiger partial charge >= 0.3 is 0 Å². The highest BCUT2D eigenvalue weighted by atomic mass is 14.5. The Bertz CT molecular complexity index is 61.1. The van der Waals surface area contributed by atoms with Crippen LogP contribution in [-0.2, 0) is 0 Å². The van der Waals surface area contributed by atoms with Crippen LogP contribution in [0.1, 0.15) is 0 Å². The van der Waals surface area contributed by atoms with Crippen molar-refractivity contribution in [3.8, 4) is 12.4 Å². The topological polar surface area (TPSA) is 136 Å². The molecule has 8 N–H and O–H groups in total. The first-order valence-electron chi connectivity index (χ1n) is 1.02. The van der Waals surface area contributed by atoms with Gasteiger partial charge in [-0.3, -0.25) is 0 Å². The highest BCUT2D eigenvalue weighted by Crippen LogP contribution is 0.903. The van der Waals surface area contributed by atoms with Crippen molar-refractivity contribution in [1.82, 2.24) is 6.15 Å². The molecule has 0 amide bonds. The summed E-state index contributed by atoms with van der Waals surface area (Å²) < 4.78 is 0. The van der Waals surface area contributed by atoms with Crippen molar-refractivity contribution in [3.05, 3.63) is 0 Å². The van der Waals surface area contributed by atoms with Gasteiger partial charge in [0.2, 0.25) is 0 Å². The number of quaternary nitrogens is 1. The van der Waals surface area contributed by atoms with E-state index in [1.807, 2.05) is 0 Å². The first-order valence-corrected chi connectivity index (χ1v) is 1.02. The van der Waals surface area contributed by atoms with Crippen LogP contribution in [0.25, 0.3) is 0 Å². The van der Waals surface area contributed by atoms with E-state index in [4.69, 9.17) is 10.5 Å². The summed E-state index contributed by atoms with van der Waals surface area (Å²) in [7, 11) is 0. The second kappa shape index (κ2) is 195. The van der Waals surface area contributed by atoms with Crippen molar-refractivity contribution in [1.29, 1.82) is 10.5 Å². The zero-order valence-corrected chi connectivity index (χ0v) is 4.05. The maximum absolute atomic E-state index is 7.10. The van der Waals surface area contributed by atoms with E-state index in [-0.39, 0.29) is 6.15 Å². The Kier molecular flexibility index (Phi) is 493. The molecule has 7 heavy (non-hydrogen) atoms. The summed E-state index contributed by atoms with van der Waals surface area (Å²) in [6, 6.07) is 0. The third-order valence-electron chi connectivity index (χ3n) is 0. The SMILES string of the molecule is N#CN.N#CN.[NH4+]. The second-order valence-corrected chi connectivity index (χ2v) is 0.258. The molecule has 0 atom stereocenters. The van der Waals surface area contributed by atoms with Gasteiger partial charge in [-0.1, -0.05) is 0 Å². The number of hydrogen-bond donors (Lipinski definition) is 3. The minimum atomic E-state index is 0. The Labute approximate surface area is 41.7 Å². The molecular weight excluding hydrogens is 94.1 g/mol. The summed E-state index contributed by atoms with van der Waals surface area (Å²) in [6.07, 6.45) is 2.50. The molecule has 0 aliphatic carbocycles. The second-order valence-electron chi connectivity index (χ2n) is 0.258. The van der Waals surface area contributed by atoms with Crippen molar-refractivity contribution >= 4 is 0 Å². The molecule has 0 spiro atoms. The van der Waals surface area contributed by atoms with Crippen LogP contribution in [0.5, 0.6) is 0 Å². The van der Waals surface area contributed by atoms with Crippen LogP contribution in [-0.4, -0.2) is 0 Å². The van der Waals surface area contributed by atoms with E-state index in [2.05, 4.69) is 11.5 Å². The summed E-state index contributed by atoms with van der Waals surface area (Å²) in [5.74, 6) is 0. The molecule has 0 saturated carbocycles. The zero-order valence-electron chi connectivity index (χ0n) is 4.05. The lowest BCUT2D eigenvalue weighted by Crippen LogP contribution is -1.69. The van der Waals surface area contributed by atoms with Crippen LogP contribution < -0.4 is 17.6 Å². The fraction of sp³-hybridized carbons (Fsp3) is 0. The fourth-order valence-electron chi connectivity index (χ4n) is 0. The maximum atomic E-state index is 7.10. The first kappa shape index (κ1) is 17.7. The van der Waals surface area contributed by atoms with E-state index in [9.17, 15) is 0 Å². The molecule has 0 bridgehead atoms. The van der Waals surface area contributed by atoms with Crippen molar-refractivity contribution in [3.63, 3.8) is 0 Å². The van der Waals surface area contributed by atoms with Crippen LogP contribution >= 0.6 is 0 Å². The molecule has 0 aromatic heterocycles. The molecule has 0 aliphatic rings. The van der Waals surface area contributed by atoms with Crippen LogP contribution in [0.3, 0.4) is 0 Å². The van der Waals surface area contributed by atoms with E-state index in [1.165, 1.54) is 12.4 Å². The van der Waals surface area contributed by atoms with Crippen LogP contribution in [0.15, 0.2) is 0 Å². The number of hydrogen-bond acceptors (Lipinski definition) is 4. The Hall–Kier alpha value is -1.46. The molecule has 40 valence electrons. The Balaban J connectivity index is -0.0000000400. The van der Waals surface area contributed by atoms with Gasteiger partial charge in [-0.15, -0.1) is 0 Å². The molecule has 0 aromatic rings. The van der Waals surface area contributed by atoms with E-state index in [0.29, 0.717) is 0 Å². The monoisotopic (exact) mass is 102 g/mol. The lowest BCUT2D eigenvalue weighted by molar-refractivity contribution is 1.45. The van der Waals surface area contributed by atoms with Gasteiger partial charge in [0.15, 0.2) is 12.4 Å². The Morgan fingerprint density at radius 1 is 1.00 bits per heavy atom. The average molecular weight is 102 g/mol.